The minimum Gasteiger partial charge on any atom is -0.496 e. The van der Waals surface area contributed by atoms with E-state index < -0.39 is 0 Å². The van der Waals surface area contributed by atoms with Crippen LogP contribution in [0.3, 0.4) is 0 Å². The van der Waals surface area contributed by atoms with E-state index in [1.807, 2.05) is 12.2 Å². The van der Waals surface area contributed by atoms with Gasteiger partial charge in [0.15, 0.2) is 0 Å². The van der Waals surface area contributed by atoms with Crippen LogP contribution in [0.15, 0.2) is 23.9 Å². The quantitative estimate of drug-likeness (QED) is 0.633. The van der Waals surface area contributed by atoms with Gasteiger partial charge in [-0.1, -0.05) is 0 Å². The zero-order chi connectivity index (χ0) is 7.52. The normalized spacial score (nSPS) is 15.8. The van der Waals surface area contributed by atoms with E-state index in [1.54, 1.807) is 11.8 Å². The predicted octanol–water partition coefficient (Wildman–Crippen LogP) is 1.47. The first-order valence-corrected chi connectivity index (χ1v) is 4.08. The summed E-state index contributed by atoms with van der Waals surface area (Å²) in [4.78, 5) is 0. The number of rotatable bonds is 1. The summed E-state index contributed by atoms with van der Waals surface area (Å²) in [5.74, 6) is 0. The van der Waals surface area contributed by atoms with Gasteiger partial charge in [-0.3, -0.25) is 0 Å². The second-order valence-corrected chi connectivity index (χ2v) is 2.91. The van der Waals surface area contributed by atoms with Crippen molar-refractivity contribution in [3.05, 3.63) is 28.9 Å². The van der Waals surface area contributed by atoms with Crippen LogP contribution < -0.4 is 0 Å². The summed E-state index contributed by atoms with van der Waals surface area (Å²) in [5.41, 5.74) is 2.81. The maximum absolute atomic E-state index is 5.10. The third-order valence-electron chi connectivity index (χ3n) is 1.35. The average Bonchev–Trinajstić information content (AvgIpc) is 2.58. The standard InChI is InChI=1S/C7H6N2OS/c1-2-6(4-10-3-1)7-9-8-5-11-7/h1-3,5H,4H2. The van der Waals surface area contributed by atoms with E-state index in [-0.39, 0.29) is 0 Å². The highest BCUT2D eigenvalue weighted by atomic mass is 32.1. The first-order chi connectivity index (χ1) is 5.47. The summed E-state index contributed by atoms with van der Waals surface area (Å²) in [7, 11) is 0. The minimum absolute atomic E-state index is 0.603. The minimum atomic E-state index is 0.603. The molecule has 0 saturated heterocycles. The van der Waals surface area contributed by atoms with Gasteiger partial charge in [0.25, 0.3) is 0 Å². The molecule has 0 spiro atoms. The molecule has 56 valence electrons. The zero-order valence-electron chi connectivity index (χ0n) is 5.73. The Hall–Kier alpha value is -1.16. The second kappa shape index (κ2) is 2.84. The van der Waals surface area contributed by atoms with Crippen LogP contribution in [0.1, 0.15) is 5.01 Å². The number of aromatic nitrogens is 2. The Labute approximate surface area is 68.0 Å². The molecule has 1 aliphatic heterocycles. The van der Waals surface area contributed by atoms with Gasteiger partial charge >= 0.3 is 0 Å². The molecule has 0 aliphatic carbocycles. The molecule has 0 aromatic carbocycles. The van der Waals surface area contributed by atoms with Gasteiger partial charge < -0.3 is 4.74 Å². The van der Waals surface area contributed by atoms with E-state index in [0.717, 1.165) is 10.6 Å². The van der Waals surface area contributed by atoms with Gasteiger partial charge in [0.1, 0.15) is 17.1 Å². The Bertz CT molecular complexity index is 289. The van der Waals surface area contributed by atoms with Gasteiger partial charge in [-0.25, -0.2) is 0 Å². The molecule has 0 fully saturated rings. The van der Waals surface area contributed by atoms with Crippen molar-refractivity contribution in [1.29, 1.82) is 0 Å². The summed E-state index contributed by atoms with van der Waals surface area (Å²) < 4.78 is 5.10. The maximum Gasteiger partial charge on any atom is 0.146 e. The van der Waals surface area contributed by atoms with Gasteiger partial charge in [-0.15, -0.1) is 21.5 Å². The Balaban J connectivity index is 2.29. The van der Waals surface area contributed by atoms with Crippen molar-refractivity contribution in [2.45, 2.75) is 0 Å². The van der Waals surface area contributed by atoms with Gasteiger partial charge in [0.05, 0.1) is 6.26 Å². The molecule has 11 heavy (non-hydrogen) atoms. The van der Waals surface area contributed by atoms with Crippen LogP contribution in [-0.4, -0.2) is 16.8 Å². The summed E-state index contributed by atoms with van der Waals surface area (Å²) >= 11 is 1.53. The molecule has 0 saturated carbocycles. The van der Waals surface area contributed by atoms with Gasteiger partial charge in [0.2, 0.25) is 0 Å². The lowest BCUT2D eigenvalue weighted by Crippen LogP contribution is -1.95. The number of hydrogen-bond donors (Lipinski definition) is 0. The number of allylic oxidation sites excluding steroid dienone is 2. The summed E-state index contributed by atoms with van der Waals surface area (Å²) in [5, 5.41) is 8.61. The van der Waals surface area contributed by atoms with Crippen molar-refractivity contribution in [2.75, 3.05) is 6.61 Å². The first-order valence-electron chi connectivity index (χ1n) is 3.20. The molecule has 1 aliphatic rings. The van der Waals surface area contributed by atoms with Gasteiger partial charge in [-0.05, 0) is 12.2 Å². The number of nitrogens with zero attached hydrogens (tertiary/aromatic N) is 2. The van der Waals surface area contributed by atoms with E-state index in [9.17, 15) is 0 Å². The molecule has 1 aromatic heterocycles. The Kier molecular flexibility index (Phi) is 1.69. The van der Waals surface area contributed by atoms with Crippen LogP contribution in [-0.2, 0) is 4.74 Å². The maximum atomic E-state index is 5.10. The smallest absolute Gasteiger partial charge is 0.146 e. The molecule has 1 aromatic rings. The van der Waals surface area contributed by atoms with E-state index in [2.05, 4.69) is 10.2 Å². The monoisotopic (exact) mass is 166 g/mol. The fourth-order valence-electron chi connectivity index (χ4n) is 0.843. The largest absolute Gasteiger partial charge is 0.496 e. The first kappa shape index (κ1) is 6.54. The van der Waals surface area contributed by atoms with Crippen LogP contribution in [0, 0.1) is 0 Å². The summed E-state index contributed by atoms with van der Waals surface area (Å²) in [6, 6.07) is 0. The number of hydrogen-bond acceptors (Lipinski definition) is 4. The van der Waals surface area contributed by atoms with E-state index in [4.69, 9.17) is 4.74 Å². The highest BCUT2D eigenvalue weighted by molar-refractivity contribution is 7.10. The van der Waals surface area contributed by atoms with Crippen molar-refractivity contribution in [3.63, 3.8) is 0 Å². The molecule has 0 unspecified atom stereocenters. The van der Waals surface area contributed by atoms with E-state index in [0.29, 0.717) is 6.61 Å². The fourth-order valence-corrected chi connectivity index (χ4v) is 1.41. The predicted molar refractivity (Wildman–Crippen MR) is 43.0 cm³/mol. The molecule has 2 heterocycles. The van der Waals surface area contributed by atoms with Crippen LogP contribution >= 0.6 is 11.3 Å². The summed E-state index contributed by atoms with van der Waals surface area (Å²) in [6.45, 7) is 0.603. The lowest BCUT2D eigenvalue weighted by molar-refractivity contribution is 0.292. The average molecular weight is 166 g/mol. The second-order valence-electron chi connectivity index (χ2n) is 2.08. The van der Waals surface area contributed by atoms with Crippen molar-refractivity contribution in [1.82, 2.24) is 10.2 Å². The Morgan fingerprint density at radius 2 is 2.55 bits per heavy atom. The summed E-state index contributed by atoms with van der Waals surface area (Å²) in [6.07, 6.45) is 5.52. The topological polar surface area (TPSA) is 35.0 Å². The fraction of sp³-hybridized carbons (Fsp3) is 0.143. The lowest BCUT2D eigenvalue weighted by Gasteiger charge is -2.05. The Morgan fingerprint density at radius 1 is 1.55 bits per heavy atom. The van der Waals surface area contributed by atoms with Crippen LogP contribution in [0.5, 0.6) is 0 Å². The van der Waals surface area contributed by atoms with Crippen molar-refractivity contribution in [3.8, 4) is 0 Å². The third kappa shape index (κ3) is 1.30. The van der Waals surface area contributed by atoms with Crippen LogP contribution in [0.2, 0.25) is 0 Å². The SMILES string of the molecule is C1=COCC(c2nncs2)=C1. The van der Waals surface area contributed by atoms with Crippen molar-refractivity contribution >= 4 is 16.9 Å². The lowest BCUT2D eigenvalue weighted by atomic mass is 10.2. The van der Waals surface area contributed by atoms with Gasteiger partial charge in [0, 0.05) is 5.57 Å². The van der Waals surface area contributed by atoms with Crippen molar-refractivity contribution < 1.29 is 4.74 Å². The highest BCUT2D eigenvalue weighted by Gasteiger charge is 2.05. The molecule has 0 atom stereocenters. The molecular weight excluding hydrogens is 160 g/mol. The molecule has 0 N–H and O–H groups in total. The molecule has 0 amide bonds. The zero-order valence-corrected chi connectivity index (χ0v) is 6.54. The van der Waals surface area contributed by atoms with Crippen LogP contribution in [0.4, 0.5) is 0 Å². The number of ether oxygens (including phenoxy) is 1. The molecule has 4 heteroatoms. The van der Waals surface area contributed by atoms with Gasteiger partial charge in [-0.2, -0.15) is 0 Å². The molecule has 0 bridgehead atoms. The Morgan fingerprint density at radius 3 is 3.18 bits per heavy atom. The molecular formula is C7H6N2OS. The van der Waals surface area contributed by atoms with Crippen molar-refractivity contribution in [2.24, 2.45) is 0 Å². The molecule has 0 radical (unpaired) electrons. The molecule has 2 rings (SSSR count). The molecule has 3 nitrogen and oxygen atoms in total. The highest BCUT2D eigenvalue weighted by Crippen LogP contribution is 2.18. The third-order valence-corrected chi connectivity index (χ3v) is 2.11. The van der Waals surface area contributed by atoms with E-state index in [1.165, 1.54) is 11.3 Å². The van der Waals surface area contributed by atoms with Crippen LogP contribution in [0.25, 0.3) is 5.57 Å². The van der Waals surface area contributed by atoms with E-state index >= 15 is 0 Å².